The van der Waals surface area contributed by atoms with Gasteiger partial charge in [-0.1, -0.05) is 6.92 Å². The molecule has 0 unspecified atom stereocenters. The number of rotatable bonds is 6. The lowest BCUT2D eigenvalue weighted by atomic mass is 10.1. The van der Waals surface area contributed by atoms with Crippen molar-refractivity contribution in [2.24, 2.45) is 0 Å². The molecule has 2 rings (SSSR count). The molecule has 1 fully saturated rings. The molecule has 0 saturated heterocycles. The minimum Gasteiger partial charge on any atom is -0.371 e. The van der Waals surface area contributed by atoms with Crippen LogP contribution < -0.4 is 10.2 Å². The zero-order valence-corrected chi connectivity index (χ0v) is 10.7. The third kappa shape index (κ3) is 3.19. The molecule has 0 radical (unpaired) electrons. The van der Waals surface area contributed by atoms with E-state index in [0.717, 1.165) is 30.8 Å². The van der Waals surface area contributed by atoms with Gasteiger partial charge in [-0.3, -0.25) is 0 Å². The van der Waals surface area contributed by atoms with Crippen LogP contribution in [0.3, 0.4) is 0 Å². The number of anilines is 1. The van der Waals surface area contributed by atoms with Gasteiger partial charge in [0.15, 0.2) is 0 Å². The minimum atomic E-state index is -0.147. The zero-order chi connectivity index (χ0) is 12.3. The molecule has 1 aromatic carbocycles. The van der Waals surface area contributed by atoms with Crippen LogP contribution in [0.2, 0.25) is 0 Å². The molecule has 1 saturated carbocycles. The summed E-state index contributed by atoms with van der Waals surface area (Å²) in [6.07, 6.45) is 3.62. The number of halogens is 1. The minimum absolute atomic E-state index is 0.147. The maximum Gasteiger partial charge on any atom is 0.123 e. The molecule has 0 amide bonds. The van der Waals surface area contributed by atoms with Crippen LogP contribution in [-0.4, -0.2) is 19.6 Å². The first-order chi connectivity index (χ1) is 8.22. The van der Waals surface area contributed by atoms with Gasteiger partial charge in [0.25, 0.3) is 0 Å². The first-order valence-electron chi connectivity index (χ1n) is 6.44. The van der Waals surface area contributed by atoms with Gasteiger partial charge in [0, 0.05) is 25.3 Å². The number of nitrogens with zero attached hydrogens (tertiary/aromatic N) is 1. The second kappa shape index (κ2) is 5.50. The third-order valence-corrected chi connectivity index (χ3v) is 3.26. The highest BCUT2D eigenvalue weighted by molar-refractivity contribution is 5.54. The van der Waals surface area contributed by atoms with Crippen LogP contribution >= 0.6 is 0 Å². The number of hydrogen-bond acceptors (Lipinski definition) is 2. The fraction of sp³-hybridized carbons (Fsp3) is 0.571. The lowest BCUT2D eigenvalue weighted by molar-refractivity contribution is 0.618. The molecular formula is C14H21FN2. The molecule has 0 spiro atoms. The Morgan fingerprint density at radius 2 is 2.18 bits per heavy atom. The molecule has 0 aliphatic heterocycles. The Kier molecular flexibility index (Phi) is 4.00. The van der Waals surface area contributed by atoms with Crippen molar-refractivity contribution >= 4 is 5.69 Å². The Hall–Kier alpha value is -1.09. The van der Waals surface area contributed by atoms with Gasteiger partial charge in [0.1, 0.15) is 5.82 Å². The van der Waals surface area contributed by atoms with Crippen molar-refractivity contribution in [2.45, 2.75) is 38.8 Å². The molecular weight excluding hydrogens is 215 g/mol. The van der Waals surface area contributed by atoms with Gasteiger partial charge >= 0.3 is 0 Å². The van der Waals surface area contributed by atoms with Gasteiger partial charge in [-0.25, -0.2) is 4.39 Å². The quantitative estimate of drug-likeness (QED) is 0.764. The number of nitrogens with one attached hydrogen (secondary N) is 1. The van der Waals surface area contributed by atoms with E-state index in [4.69, 9.17) is 0 Å². The smallest absolute Gasteiger partial charge is 0.123 e. The Labute approximate surface area is 103 Å². The van der Waals surface area contributed by atoms with Crippen molar-refractivity contribution in [3.8, 4) is 0 Å². The topological polar surface area (TPSA) is 15.3 Å². The van der Waals surface area contributed by atoms with Gasteiger partial charge in [0.05, 0.1) is 0 Å². The van der Waals surface area contributed by atoms with E-state index in [2.05, 4.69) is 24.2 Å². The van der Waals surface area contributed by atoms with Gasteiger partial charge in [-0.15, -0.1) is 0 Å². The first kappa shape index (κ1) is 12.4. The van der Waals surface area contributed by atoms with Crippen molar-refractivity contribution in [1.29, 1.82) is 0 Å². The second-order valence-electron chi connectivity index (χ2n) is 4.79. The summed E-state index contributed by atoms with van der Waals surface area (Å²) in [4.78, 5) is 2.28. The summed E-state index contributed by atoms with van der Waals surface area (Å²) in [7, 11) is 2.11. The zero-order valence-electron chi connectivity index (χ0n) is 10.7. The van der Waals surface area contributed by atoms with Crippen molar-refractivity contribution in [3.63, 3.8) is 0 Å². The molecule has 1 aliphatic rings. The Bertz CT molecular complexity index is 374. The molecule has 17 heavy (non-hydrogen) atoms. The largest absolute Gasteiger partial charge is 0.371 e. The summed E-state index contributed by atoms with van der Waals surface area (Å²) in [6, 6.07) is 5.76. The average molecular weight is 236 g/mol. The van der Waals surface area contributed by atoms with Crippen LogP contribution in [0.5, 0.6) is 0 Å². The summed E-state index contributed by atoms with van der Waals surface area (Å²) in [5.74, 6) is -0.147. The van der Waals surface area contributed by atoms with E-state index in [1.54, 1.807) is 12.1 Å². The highest BCUT2D eigenvalue weighted by atomic mass is 19.1. The Morgan fingerprint density at radius 1 is 1.41 bits per heavy atom. The van der Waals surface area contributed by atoms with Gasteiger partial charge in [0.2, 0.25) is 0 Å². The fourth-order valence-electron chi connectivity index (χ4n) is 2.10. The van der Waals surface area contributed by atoms with Crippen LogP contribution in [0, 0.1) is 5.82 Å². The van der Waals surface area contributed by atoms with Crippen molar-refractivity contribution in [3.05, 3.63) is 29.6 Å². The van der Waals surface area contributed by atoms with E-state index in [9.17, 15) is 4.39 Å². The molecule has 94 valence electrons. The lowest BCUT2D eigenvalue weighted by Gasteiger charge is -2.22. The molecule has 2 nitrogen and oxygen atoms in total. The van der Waals surface area contributed by atoms with E-state index in [1.807, 2.05) is 6.07 Å². The lowest BCUT2D eigenvalue weighted by Crippen LogP contribution is -2.23. The molecule has 0 bridgehead atoms. The summed E-state index contributed by atoms with van der Waals surface area (Å²) < 4.78 is 13.3. The summed E-state index contributed by atoms with van der Waals surface area (Å²) >= 11 is 0. The van der Waals surface area contributed by atoms with E-state index < -0.39 is 0 Å². The van der Waals surface area contributed by atoms with E-state index in [1.165, 1.54) is 12.8 Å². The van der Waals surface area contributed by atoms with Crippen LogP contribution in [-0.2, 0) is 6.54 Å². The first-order valence-corrected chi connectivity index (χ1v) is 6.44. The summed E-state index contributed by atoms with van der Waals surface area (Å²) in [5, 5.41) is 3.34. The van der Waals surface area contributed by atoms with Crippen LogP contribution in [0.25, 0.3) is 0 Å². The highest BCUT2D eigenvalue weighted by Gasteiger charge is 2.27. The summed E-state index contributed by atoms with van der Waals surface area (Å²) in [5.41, 5.74) is 2.23. The van der Waals surface area contributed by atoms with Crippen molar-refractivity contribution in [2.75, 3.05) is 18.5 Å². The Balaban J connectivity index is 2.11. The maximum absolute atomic E-state index is 13.3. The maximum atomic E-state index is 13.3. The van der Waals surface area contributed by atoms with E-state index in [0.29, 0.717) is 6.04 Å². The molecule has 0 heterocycles. The highest BCUT2D eigenvalue weighted by Crippen LogP contribution is 2.32. The van der Waals surface area contributed by atoms with Gasteiger partial charge < -0.3 is 10.2 Å². The molecule has 0 atom stereocenters. The predicted molar refractivity (Wildman–Crippen MR) is 69.8 cm³/mol. The molecule has 1 aliphatic carbocycles. The van der Waals surface area contributed by atoms with Gasteiger partial charge in [-0.05, 0) is 49.6 Å². The molecule has 0 aromatic heterocycles. The fourth-order valence-corrected chi connectivity index (χ4v) is 2.10. The third-order valence-electron chi connectivity index (χ3n) is 3.26. The monoisotopic (exact) mass is 236 g/mol. The van der Waals surface area contributed by atoms with Crippen LogP contribution in [0.15, 0.2) is 18.2 Å². The molecule has 1 aromatic rings. The SMILES string of the molecule is CCCNCc1cc(F)ccc1N(C)C1CC1. The average Bonchev–Trinajstić information content (AvgIpc) is 3.13. The van der Waals surface area contributed by atoms with Crippen LogP contribution in [0.1, 0.15) is 31.7 Å². The second-order valence-corrected chi connectivity index (χ2v) is 4.79. The number of hydrogen-bond donors (Lipinski definition) is 1. The molecule has 3 heteroatoms. The van der Waals surface area contributed by atoms with E-state index >= 15 is 0 Å². The standard InChI is InChI=1S/C14H21FN2/c1-3-8-16-10-11-9-12(15)4-7-14(11)17(2)13-5-6-13/h4,7,9,13,16H,3,5-6,8,10H2,1-2H3. The Morgan fingerprint density at radius 3 is 2.82 bits per heavy atom. The van der Waals surface area contributed by atoms with E-state index in [-0.39, 0.29) is 5.82 Å². The number of benzene rings is 1. The van der Waals surface area contributed by atoms with Crippen LogP contribution in [0.4, 0.5) is 10.1 Å². The predicted octanol–water partition coefficient (Wildman–Crippen LogP) is 2.92. The molecule has 1 N–H and O–H groups in total. The van der Waals surface area contributed by atoms with Crippen molar-refractivity contribution < 1.29 is 4.39 Å². The van der Waals surface area contributed by atoms with Crippen molar-refractivity contribution in [1.82, 2.24) is 5.32 Å². The normalized spacial score (nSPS) is 15.0. The summed E-state index contributed by atoms with van der Waals surface area (Å²) in [6.45, 7) is 3.86. The van der Waals surface area contributed by atoms with Gasteiger partial charge in [-0.2, -0.15) is 0 Å².